The van der Waals surface area contributed by atoms with Gasteiger partial charge in [-0.15, -0.1) is 0 Å². The highest BCUT2D eigenvalue weighted by atomic mass is 16.5. The van der Waals surface area contributed by atoms with E-state index in [0.717, 1.165) is 29.6 Å². The molecule has 0 saturated heterocycles. The van der Waals surface area contributed by atoms with Gasteiger partial charge in [-0.05, 0) is 50.4 Å². The first kappa shape index (κ1) is 13.4. The second-order valence-corrected chi connectivity index (χ2v) is 5.51. The van der Waals surface area contributed by atoms with Crippen molar-refractivity contribution in [1.29, 1.82) is 0 Å². The number of nitrogens with zero attached hydrogens (tertiary/aromatic N) is 1. The smallest absolute Gasteiger partial charge is 0.122 e. The van der Waals surface area contributed by atoms with Crippen LogP contribution in [0.5, 0.6) is 5.75 Å². The molecule has 106 valence electrons. The Labute approximate surface area is 120 Å². The van der Waals surface area contributed by atoms with E-state index in [2.05, 4.69) is 35.4 Å². The first-order valence-electron chi connectivity index (χ1n) is 7.61. The maximum absolute atomic E-state index is 6.19. The molecule has 3 heteroatoms. The topological polar surface area (TPSA) is 34.1 Å². The fourth-order valence-electron chi connectivity index (χ4n) is 2.92. The van der Waals surface area contributed by atoms with E-state index in [-0.39, 0.29) is 0 Å². The molecule has 1 heterocycles. The van der Waals surface area contributed by atoms with Gasteiger partial charge in [0.25, 0.3) is 0 Å². The molecule has 0 amide bonds. The highest BCUT2D eigenvalue weighted by Crippen LogP contribution is 2.26. The number of fused-ring (bicyclic) bond motifs is 1. The van der Waals surface area contributed by atoms with E-state index in [1.807, 2.05) is 18.3 Å². The van der Waals surface area contributed by atoms with Crippen LogP contribution in [0.2, 0.25) is 0 Å². The molecule has 1 N–H and O–H groups in total. The molecule has 1 aliphatic rings. The van der Waals surface area contributed by atoms with E-state index in [9.17, 15) is 0 Å². The maximum Gasteiger partial charge on any atom is 0.122 e. The Morgan fingerprint density at radius 2 is 2.25 bits per heavy atom. The normalized spacial score (nSPS) is 22.2. The molecule has 2 unspecified atom stereocenters. The summed E-state index contributed by atoms with van der Waals surface area (Å²) in [5.74, 6) is 0.936. The van der Waals surface area contributed by atoms with Gasteiger partial charge in [-0.1, -0.05) is 13.0 Å². The molecule has 20 heavy (non-hydrogen) atoms. The van der Waals surface area contributed by atoms with Crippen LogP contribution in [-0.2, 0) is 0 Å². The number of benzene rings is 1. The molecule has 0 aliphatic heterocycles. The summed E-state index contributed by atoms with van der Waals surface area (Å²) in [5, 5.41) is 4.76. The molecule has 0 spiro atoms. The number of nitrogens with one attached hydrogen (secondary N) is 1. The molecule has 3 nitrogen and oxygen atoms in total. The summed E-state index contributed by atoms with van der Waals surface area (Å²) >= 11 is 0. The van der Waals surface area contributed by atoms with Gasteiger partial charge in [0.2, 0.25) is 0 Å². The second-order valence-electron chi connectivity index (χ2n) is 5.51. The largest absolute Gasteiger partial charge is 0.489 e. The van der Waals surface area contributed by atoms with E-state index in [4.69, 9.17) is 4.74 Å². The van der Waals surface area contributed by atoms with Crippen molar-refractivity contribution in [3.05, 3.63) is 36.5 Å². The predicted octanol–water partition coefficient (Wildman–Crippen LogP) is 3.53. The molecule has 2 aromatic rings. The SMILES string of the molecule is CCCNC1CCCC1Oc1ccc2cccnc2c1. The third kappa shape index (κ3) is 2.93. The van der Waals surface area contributed by atoms with Crippen molar-refractivity contribution in [1.82, 2.24) is 10.3 Å². The van der Waals surface area contributed by atoms with E-state index < -0.39 is 0 Å². The average Bonchev–Trinajstić information content (AvgIpc) is 2.92. The summed E-state index contributed by atoms with van der Waals surface area (Å²) in [6.07, 6.45) is 6.90. The van der Waals surface area contributed by atoms with Gasteiger partial charge in [0.15, 0.2) is 0 Å². The van der Waals surface area contributed by atoms with E-state index >= 15 is 0 Å². The summed E-state index contributed by atoms with van der Waals surface area (Å²) in [7, 11) is 0. The van der Waals surface area contributed by atoms with Crippen molar-refractivity contribution in [3.8, 4) is 5.75 Å². The Morgan fingerprint density at radius 3 is 3.15 bits per heavy atom. The van der Waals surface area contributed by atoms with Crippen molar-refractivity contribution in [2.24, 2.45) is 0 Å². The van der Waals surface area contributed by atoms with Crippen molar-refractivity contribution in [2.75, 3.05) is 6.54 Å². The van der Waals surface area contributed by atoms with Crippen LogP contribution < -0.4 is 10.1 Å². The van der Waals surface area contributed by atoms with E-state index in [1.54, 1.807) is 0 Å². The molecule has 3 rings (SSSR count). The lowest BCUT2D eigenvalue weighted by Gasteiger charge is -2.22. The molecule has 0 radical (unpaired) electrons. The third-order valence-electron chi connectivity index (χ3n) is 3.97. The van der Waals surface area contributed by atoms with Gasteiger partial charge < -0.3 is 10.1 Å². The van der Waals surface area contributed by atoms with Crippen molar-refractivity contribution in [3.63, 3.8) is 0 Å². The van der Waals surface area contributed by atoms with Crippen LogP contribution in [0.1, 0.15) is 32.6 Å². The number of aromatic nitrogens is 1. The number of hydrogen-bond acceptors (Lipinski definition) is 3. The van der Waals surface area contributed by atoms with Gasteiger partial charge in [-0.3, -0.25) is 4.98 Å². The van der Waals surface area contributed by atoms with Gasteiger partial charge in [0.1, 0.15) is 11.9 Å². The summed E-state index contributed by atoms with van der Waals surface area (Å²) in [6, 6.07) is 10.7. The fourth-order valence-corrected chi connectivity index (χ4v) is 2.92. The molecule has 1 aliphatic carbocycles. The highest BCUT2D eigenvalue weighted by Gasteiger charge is 2.28. The lowest BCUT2D eigenvalue weighted by molar-refractivity contribution is 0.175. The summed E-state index contributed by atoms with van der Waals surface area (Å²) in [6.45, 7) is 3.27. The molecule has 1 fully saturated rings. The monoisotopic (exact) mass is 270 g/mol. The fraction of sp³-hybridized carbons (Fsp3) is 0.471. The Balaban J connectivity index is 1.71. The van der Waals surface area contributed by atoms with Crippen LogP contribution in [0.25, 0.3) is 10.9 Å². The predicted molar refractivity (Wildman–Crippen MR) is 82.1 cm³/mol. The summed E-state index contributed by atoms with van der Waals surface area (Å²) in [5.41, 5.74) is 1.00. The van der Waals surface area contributed by atoms with Gasteiger partial charge in [0.05, 0.1) is 5.52 Å². The minimum Gasteiger partial charge on any atom is -0.489 e. The number of pyridine rings is 1. The zero-order valence-electron chi connectivity index (χ0n) is 12.0. The Kier molecular flexibility index (Phi) is 4.16. The molecule has 1 saturated carbocycles. The highest BCUT2D eigenvalue weighted by molar-refractivity contribution is 5.79. The van der Waals surface area contributed by atoms with Crippen LogP contribution in [0.3, 0.4) is 0 Å². The van der Waals surface area contributed by atoms with Crippen molar-refractivity contribution >= 4 is 10.9 Å². The summed E-state index contributed by atoms with van der Waals surface area (Å²) in [4.78, 5) is 4.39. The number of ether oxygens (including phenoxy) is 1. The van der Waals surface area contributed by atoms with Crippen molar-refractivity contribution < 1.29 is 4.74 Å². The number of rotatable bonds is 5. The van der Waals surface area contributed by atoms with Gasteiger partial charge in [0, 0.05) is 23.7 Å². The van der Waals surface area contributed by atoms with Gasteiger partial charge >= 0.3 is 0 Å². The van der Waals surface area contributed by atoms with Gasteiger partial charge in [-0.25, -0.2) is 0 Å². The Morgan fingerprint density at radius 1 is 1.30 bits per heavy atom. The van der Waals surface area contributed by atoms with E-state index in [1.165, 1.54) is 19.3 Å². The lowest BCUT2D eigenvalue weighted by atomic mass is 10.2. The molecular weight excluding hydrogens is 248 g/mol. The minimum atomic E-state index is 0.294. The number of hydrogen-bond donors (Lipinski definition) is 1. The Bertz CT molecular complexity index is 570. The van der Waals surface area contributed by atoms with Crippen LogP contribution in [0.4, 0.5) is 0 Å². The molecule has 0 bridgehead atoms. The molecule has 1 aromatic heterocycles. The average molecular weight is 270 g/mol. The third-order valence-corrected chi connectivity index (χ3v) is 3.97. The van der Waals surface area contributed by atoms with Gasteiger partial charge in [-0.2, -0.15) is 0 Å². The minimum absolute atomic E-state index is 0.294. The quantitative estimate of drug-likeness (QED) is 0.902. The summed E-state index contributed by atoms with van der Waals surface area (Å²) < 4.78 is 6.19. The second kappa shape index (κ2) is 6.23. The molecular formula is C17H22N2O. The first-order valence-corrected chi connectivity index (χ1v) is 7.61. The molecule has 1 aromatic carbocycles. The Hall–Kier alpha value is -1.61. The van der Waals surface area contributed by atoms with Crippen LogP contribution in [0, 0.1) is 0 Å². The standard InChI is InChI=1S/C17H22N2O/c1-2-10-18-15-6-3-7-17(15)20-14-9-8-13-5-4-11-19-16(13)12-14/h4-5,8-9,11-12,15,17-18H,2-3,6-7,10H2,1H3. The lowest BCUT2D eigenvalue weighted by Crippen LogP contribution is -2.39. The molecule has 2 atom stereocenters. The van der Waals surface area contributed by atoms with Crippen molar-refractivity contribution in [2.45, 2.75) is 44.8 Å². The van der Waals surface area contributed by atoms with Crippen LogP contribution in [-0.4, -0.2) is 23.7 Å². The zero-order valence-corrected chi connectivity index (χ0v) is 12.0. The first-order chi connectivity index (χ1) is 9.86. The van der Waals surface area contributed by atoms with Crippen LogP contribution in [0.15, 0.2) is 36.5 Å². The maximum atomic E-state index is 6.19. The van der Waals surface area contributed by atoms with E-state index in [0.29, 0.717) is 12.1 Å². The van der Waals surface area contributed by atoms with Crippen LogP contribution >= 0.6 is 0 Å². The zero-order chi connectivity index (χ0) is 13.8.